The molecule has 37 heavy (non-hydrogen) atoms. The highest BCUT2D eigenvalue weighted by atomic mass is 16.5. The Morgan fingerprint density at radius 3 is 2.35 bits per heavy atom. The molecule has 7 nitrogen and oxygen atoms in total. The molecule has 0 radical (unpaired) electrons. The molecular weight excluding hydrogens is 464 g/mol. The van der Waals surface area contributed by atoms with Crippen molar-refractivity contribution in [2.45, 2.75) is 20.8 Å². The second-order valence-electron chi connectivity index (χ2n) is 9.09. The van der Waals surface area contributed by atoms with Crippen LogP contribution in [0.4, 0.5) is 5.95 Å². The Kier molecular flexibility index (Phi) is 8.15. The van der Waals surface area contributed by atoms with E-state index in [1.807, 2.05) is 72.3 Å². The molecule has 4 aromatic rings. The molecule has 0 saturated carbocycles. The number of rotatable bonds is 9. The highest BCUT2D eigenvalue weighted by molar-refractivity contribution is 5.99. The number of hydrogen-bond acceptors (Lipinski definition) is 4. The summed E-state index contributed by atoms with van der Waals surface area (Å²) >= 11 is 0. The van der Waals surface area contributed by atoms with Crippen LogP contribution in [-0.4, -0.2) is 53.1 Å². The summed E-state index contributed by atoms with van der Waals surface area (Å²) in [6, 6.07) is 23.2. The molecule has 1 aromatic heterocycles. The Hall–Kier alpha value is -4.23. The van der Waals surface area contributed by atoms with Crippen molar-refractivity contribution in [2.75, 3.05) is 32.1 Å². The molecule has 0 aliphatic heterocycles. The zero-order valence-corrected chi connectivity index (χ0v) is 21.7. The van der Waals surface area contributed by atoms with E-state index in [1.165, 1.54) is 10.5 Å². The minimum Gasteiger partial charge on any atom is -0.383 e. The van der Waals surface area contributed by atoms with Crippen LogP contribution in [0, 0.1) is 20.8 Å². The number of nitrogens with one attached hydrogen (secondary N) is 1. The standard InChI is InChI=1S/C30H32N4O3/c1-21-10-13-25(14-11-21)29(36)33(16-17-37-4)20-28(35)32-30-31-27(24-8-6-5-7-9-24)19-34(30)26-15-12-22(2)23(3)18-26/h5-15,18-19H,16-17,20H2,1-4H3,(H,31,32,35). The highest BCUT2D eigenvalue weighted by Crippen LogP contribution is 2.25. The molecule has 0 fully saturated rings. The Balaban J connectivity index is 1.61. The summed E-state index contributed by atoms with van der Waals surface area (Å²) in [5.41, 5.74) is 6.47. The predicted molar refractivity (Wildman–Crippen MR) is 146 cm³/mol. The van der Waals surface area contributed by atoms with Crippen molar-refractivity contribution in [1.29, 1.82) is 0 Å². The topological polar surface area (TPSA) is 76.5 Å². The Morgan fingerprint density at radius 1 is 0.946 bits per heavy atom. The molecule has 0 aliphatic rings. The van der Waals surface area contributed by atoms with Gasteiger partial charge in [0.05, 0.1) is 12.3 Å². The first-order valence-electron chi connectivity index (χ1n) is 12.2. The largest absolute Gasteiger partial charge is 0.383 e. The van der Waals surface area contributed by atoms with E-state index in [9.17, 15) is 9.59 Å². The summed E-state index contributed by atoms with van der Waals surface area (Å²) in [6.07, 6.45) is 1.91. The fourth-order valence-corrected chi connectivity index (χ4v) is 3.96. The Bertz CT molecular complexity index is 1380. The highest BCUT2D eigenvalue weighted by Gasteiger charge is 2.21. The number of aryl methyl sites for hydroxylation is 3. The van der Waals surface area contributed by atoms with Gasteiger partial charge in [-0.25, -0.2) is 4.98 Å². The van der Waals surface area contributed by atoms with Crippen LogP contribution in [0.5, 0.6) is 0 Å². The lowest BCUT2D eigenvalue weighted by Crippen LogP contribution is -2.40. The molecular formula is C30H32N4O3. The average Bonchev–Trinajstić information content (AvgIpc) is 3.32. The van der Waals surface area contributed by atoms with Gasteiger partial charge in [-0.1, -0.05) is 54.1 Å². The average molecular weight is 497 g/mol. The van der Waals surface area contributed by atoms with Crippen molar-refractivity contribution in [3.8, 4) is 16.9 Å². The first kappa shape index (κ1) is 25.9. The predicted octanol–water partition coefficient (Wildman–Crippen LogP) is 5.19. The third-order valence-corrected chi connectivity index (χ3v) is 6.28. The molecule has 1 N–H and O–H groups in total. The summed E-state index contributed by atoms with van der Waals surface area (Å²) in [5.74, 6) is -0.178. The van der Waals surface area contributed by atoms with Gasteiger partial charge < -0.3 is 9.64 Å². The SMILES string of the molecule is COCCN(CC(=O)Nc1nc(-c2ccccc2)cn1-c1ccc(C)c(C)c1)C(=O)c1ccc(C)cc1. The van der Waals surface area contributed by atoms with E-state index in [2.05, 4.69) is 25.2 Å². The minimum absolute atomic E-state index is 0.128. The number of imidazole rings is 1. The Labute approximate surface area is 217 Å². The maximum atomic E-state index is 13.2. The van der Waals surface area contributed by atoms with Gasteiger partial charge in [0.2, 0.25) is 11.9 Å². The number of carbonyl (C=O) groups is 2. The summed E-state index contributed by atoms with van der Waals surface area (Å²) in [6.45, 7) is 6.56. The summed E-state index contributed by atoms with van der Waals surface area (Å²) in [5, 5.41) is 2.93. The van der Waals surface area contributed by atoms with E-state index < -0.39 is 0 Å². The van der Waals surface area contributed by atoms with Crippen molar-refractivity contribution in [2.24, 2.45) is 0 Å². The number of anilines is 1. The van der Waals surface area contributed by atoms with Crippen molar-refractivity contribution >= 4 is 17.8 Å². The number of ether oxygens (including phenoxy) is 1. The van der Waals surface area contributed by atoms with Gasteiger partial charge in [0.25, 0.3) is 5.91 Å². The lowest BCUT2D eigenvalue weighted by atomic mass is 10.1. The first-order valence-corrected chi connectivity index (χ1v) is 12.2. The molecule has 0 spiro atoms. The van der Waals surface area contributed by atoms with E-state index in [0.717, 1.165) is 28.1 Å². The van der Waals surface area contributed by atoms with Gasteiger partial charge in [-0.15, -0.1) is 0 Å². The van der Waals surface area contributed by atoms with Gasteiger partial charge in [0, 0.05) is 36.7 Å². The number of methoxy groups -OCH3 is 1. The van der Waals surface area contributed by atoms with Gasteiger partial charge in [0.1, 0.15) is 6.54 Å². The van der Waals surface area contributed by atoms with E-state index in [-0.39, 0.29) is 24.9 Å². The third kappa shape index (κ3) is 6.32. The lowest BCUT2D eigenvalue weighted by Gasteiger charge is -2.22. The fraction of sp³-hybridized carbons (Fsp3) is 0.233. The molecule has 3 aromatic carbocycles. The summed E-state index contributed by atoms with van der Waals surface area (Å²) in [7, 11) is 1.57. The number of carbonyl (C=O) groups excluding carboxylic acids is 2. The molecule has 7 heteroatoms. The molecule has 2 amide bonds. The minimum atomic E-state index is -0.341. The molecule has 0 atom stereocenters. The first-order chi connectivity index (χ1) is 17.9. The fourth-order valence-electron chi connectivity index (χ4n) is 3.96. The van der Waals surface area contributed by atoms with Crippen LogP contribution in [0.25, 0.3) is 16.9 Å². The van der Waals surface area contributed by atoms with E-state index in [1.54, 1.807) is 19.2 Å². The maximum Gasteiger partial charge on any atom is 0.254 e. The van der Waals surface area contributed by atoms with Gasteiger partial charge in [-0.3, -0.25) is 19.5 Å². The Morgan fingerprint density at radius 2 is 1.68 bits per heavy atom. The lowest BCUT2D eigenvalue weighted by molar-refractivity contribution is -0.117. The normalized spacial score (nSPS) is 10.8. The van der Waals surface area contributed by atoms with Crippen LogP contribution in [-0.2, 0) is 9.53 Å². The molecule has 4 rings (SSSR count). The van der Waals surface area contributed by atoms with Crippen molar-refractivity contribution in [3.63, 3.8) is 0 Å². The van der Waals surface area contributed by atoms with Gasteiger partial charge in [0.15, 0.2) is 0 Å². The van der Waals surface area contributed by atoms with E-state index in [0.29, 0.717) is 18.1 Å². The zero-order chi connectivity index (χ0) is 26.4. The van der Waals surface area contributed by atoms with Crippen molar-refractivity contribution < 1.29 is 14.3 Å². The van der Waals surface area contributed by atoms with Crippen LogP contribution in [0.2, 0.25) is 0 Å². The van der Waals surface area contributed by atoms with Crippen molar-refractivity contribution in [1.82, 2.24) is 14.5 Å². The zero-order valence-electron chi connectivity index (χ0n) is 21.7. The summed E-state index contributed by atoms with van der Waals surface area (Å²) < 4.78 is 7.05. The van der Waals surface area contributed by atoms with Crippen LogP contribution < -0.4 is 5.32 Å². The van der Waals surface area contributed by atoms with Crippen molar-refractivity contribution in [3.05, 3.63) is 101 Å². The quantitative estimate of drug-likeness (QED) is 0.346. The van der Waals surface area contributed by atoms with Crippen LogP contribution >= 0.6 is 0 Å². The molecule has 1 heterocycles. The number of nitrogens with zero attached hydrogens (tertiary/aromatic N) is 3. The number of benzene rings is 3. The monoisotopic (exact) mass is 496 g/mol. The molecule has 190 valence electrons. The van der Waals surface area contributed by atoms with E-state index >= 15 is 0 Å². The molecule has 0 bridgehead atoms. The number of hydrogen-bond donors (Lipinski definition) is 1. The van der Waals surface area contributed by atoms with Gasteiger partial charge in [-0.05, 0) is 56.2 Å². The van der Waals surface area contributed by atoms with Gasteiger partial charge >= 0.3 is 0 Å². The molecule has 0 unspecified atom stereocenters. The van der Waals surface area contributed by atoms with Gasteiger partial charge in [-0.2, -0.15) is 0 Å². The van der Waals surface area contributed by atoms with Crippen LogP contribution in [0.1, 0.15) is 27.0 Å². The van der Waals surface area contributed by atoms with E-state index in [4.69, 9.17) is 9.72 Å². The third-order valence-electron chi connectivity index (χ3n) is 6.28. The molecule has 0 saturated heterocycles. The number of aromatic nitrogens is 2. The van der Waals surface area contributed by atoms with Crippen LogP contribution in [0.3, 0.4) is 0 Å². The number of amides is 2. The second kappa shape index (κ2) is 11.7. The second-order valence-corrected chi connectivity index (χ2v) is 9.09. The molecule has 0 aliphatic carbocycles. The smallest absolute Gasteiger partial charge is 0.254 e. The summed E-state index contributed by atoms with van der Waals surface area (Å²) in [4.78, 5) is 32.6. The maximum absolute atomic E-state index is 13.2. The van der Waals surface area contributed by atoms with Crippen LogP contribution in [0.15, 0.2) is 79.0 Å².